The Hall–Kier alpha value is 0.394. The van der Waals surface area contributed by atoms with Crippen LogP contribution in [0.2, 0.25) is 6.55 Å². The SMILES string of the molecule is C[Si][Si]N(C(C)C)C(C)C. The molecule has 58 valence electrons. The Morgan fingerprint density at radius 2 is 1.40 bits per heavy atom. The summed E-state index contributed by atoms with van der Waals surface area (Å²) in [5.41, 5.74) is 0. The number of rotatable bonds is 4. The number of hydrogen-bond acceptors (Lipinski definition) is 1. The van der Waals surface area contributed by atoms with Gasteiger partial charge < -0.3 is 4.57 Å². The lowest BCUT2D eigenvalue weighted by Gasteiger charge is -2.29. The third-order valence-electron chi connectivity index (χ3n) is 1.35. The maximum atomic E-state index is 2.55. The minimum atomic E-state index is 0.714. The van der Waals surface area contributed by atoms with E-state index in [9.17, 15) is 0 Å². The Morgan fingerprint density at radius 3 is 1.50 bits per heavy atom. The van der Waals surface area contributed by atoms with E-state index in [2.05, 4.69) is 38.8 Å². The average molecular weight is 171 g/mol. The van der Waals surface area contributed by atoms with Crippen molar-refractivity contribution in [2.24, 2.45) is 0 Å². The van der Waals surface area contributed by atoms with E-state index < -0.39 is 0 Å². The summed E-state index contributed by atoms with van der Waals surface area (Å²) in [6.45, 7) is 11.4. The molecule has 10 heavy (non-hydrogen) atoms. The monoisotopic (exact) mass is 171 g/mol. The Labute approximate surface area is 69.7 Å². The second-order valence-electron chi connectivity index (χ2n) is 2.96. The molecule has 0 atom stereocenters. The van der Waals surface area contributed by atoms with Crippen LogP contribution in [0.25, 0.3) is 0 Å². The van der Waals surface area contributed by atoms with Crippen molar-refractivity contribution in [3.05, 3.63) is 0 Å². The second kappa shape index (κ2) is 5.10. The van der Waals surface area contributed by atoms with E-state index in [0.29, 0.717) is 12.1 Å². The Bertz CT molecular complexity index is 75.7. The minimum absolute atomic E-state index is 0.714. The normalized spacial score (nSPS) is 12.0. The van der Waals surface area contributed by atoms with Crippen LogP contribution in [0, 0.1) is 0 Å². The lowest BCUT2D eigenvalue weighted by Crippen LogP contribution is -2.41. The first-order valence-corrected chi connectivity index (χ1v) is 7.25. The molecule has 0 saturated heterocycles. The summed E-state index contributed by atoms with van der Waals surface area (Å²) in [6, 6.07) is 1.43. The van der Waals surface area contributed by atoms with E-state index in [1.807, 2.05) is 0 Å². The fourth-order valence-electron chi connectivity index (χ4n) is 0.984. The quantitative estimate of drug-likeness (QED) is 0.578. The van der Waals surface area contributed by atoms with Crippen molar-refractivity contribution in [3.63, 3.8) is 0 Å². The first kappa shape index (κ1) is 10.4. The summed E-state index contributed by atoms with van der Waals surface area (Å²) >= 11 is 0. The van der Waals surface area contributed by atoms with Crippen LogP contribution in [0.4, 0.5) is 0 Å². The zero-order valence-corrected chi connectivity index (χ0v) is 9.60. The van der Waals surface area contributed by atoms with Gasteiger partial charge in [0.05, 0.1) is 0 Å². The summed E-state index contributed by atoms with van der Waals surface area (Å²) in [4.78, 5) is 0. The molecule has 0 aromatic rings. The summed E-state index contributed by atoms with van der Waals surface area (Å²) < 4.78 is 2.55. The molecule has 0 amide bonds. The van der Waals surface area contributed by atoms with Crippen molar-refractivity contribution < 1.29 is 0 Å². The van der Waals surface area contributed by atoms with Crippen molar-refractivity contribution in [2.45, 2.75) is 46.3 Å². The van der Waals surface area contributed by atoms with Crippen LogP contribution < -0.4 is 0 Å². The molecule has 0 aromatic heterocycles. The Balaban J connectivity index is 3.73. The lowest BCUT2D eigenvalue weighted by atomic mass is 10.3. The molecular weight excluding hydrogens is 154 g/mol. The van der Waals surface area contributed by atoms with Crippen molar-refractivity contribution in [3.8, 4) is 0 Å². The van der Waals surface area contributed by atoms with Gasteiger partial charge in [0.2, 0.25) is 0 Å². The molecule has 0 saturated carbocycles. The summed E-state index contributed by atoms with van der Waals surface area (Å²) in [6.07, 6.45) is 0. The van der Waals surface area contributed by atoms with E-state index in [0.717, 1.165) is 18.2 Å². The zero-order chi connectivity index (χ0) is 8.15. The molecule has 1 nitrogen and oxygen atoms in total. The summed E-state index contributed by atoms with van der Waals surface area (Å²) in [5.74, 6) is 0. The molecule has 0 aliphatic rings. The van der Waals surface area contributed by atoms with Gasteiger partial charge in [-0.15, -0.1) is 0 Å². The smallest absolute Gasteiger partial charge is 0.121 e. The Kier molecular flexibility index (Phi) is 5.30. The Morgan fingerprint density at radius 1 is 1.00 bits per heavy atom. The van der Waals surface area contributed by atoms with Crippen molar-refractivity contribution in [1.29, 1.82) is 0 Å². The van der Waals surface area contributed by atoms with E-state index in [1.54, 1.807) is 0 Å². The maximum absolute atomic E-state index is 2.55. The van der Waals surface area contributed by atoms with Crippen molar-refractivity contribution >= 4 is 18.2 Å². The van der Waals surface area contributed by atoms with Gasteiger partial charge >= 0.3 is 0 Å². The van der Waals surface area contributed by atoms with Crippen LogP contribution in [-0.2, 0) is 0 Å². The molecule has 0 bridgehead atoms. The van der Waals surface area contributed by atoms with Gasteiger partial charge in [-0.2, -0.15) is 0 Å². The molecule has 0 aliphatic heterocycles. The fourth-order valence-corrected chi connectivity index (χ4v) is 4.08. The first-order chi connectivity index (χ1) is 4.59. The van der Waals surface area contributed by atoms with Crippen LogP contribution in [0.3, 0.4) is 0 Å². The van der Waals surface area contributed by atoms with Gasteiger partial charge in [0, 0.05) is 9.04 Å². The van der Waals surface area contributed by atoms with E-state index in [-0.39, 0.29) is 0 Å². The summed E-state index contributed by atoms with van der Waals surface area (Å²) in [7, 11) is 2.11. The predicted molar refractivity (Wildman–Crippen MR) is 49.5 cm³/mol. The fraction of sp³-hybridized carbons (Fsp3) is 1.00. The van der Waals surface area contributed by atoms with Crippen molar-refractivity contribution in [2.75, 3.05) is 0 Å². The molecule has 0 N–H and O–H groups in total. The molecule has 0 rings (SSSR count). The van der Waals surface area contributed by atoms with Gasteiger partial charge in [0.15, 0.2) is 0 Å². The van der Waals surface area contributed by atoms with E-state index >= 15 is 0 Å². The van der Waals surface area contributed by atoms with Crippen LogP contribution in [0.15, 0.2) is 0 Å². The highest BCUT2D eigenvalue weighted by Gasteiger charge is 2.11. The highest BCUT2D eigenvalue weighted by molar-refractivity contribution is 6.98. The van der Waals surface area contributed by atoms with Gasteiger partial charge in [-0.1, -0.05) is 34.2 Å². The van der Waals surface area contributed by atoms with Gasteiger partial charge in [-0.25, -0.2) is 0 Å². The average Bonchev–Trinajstić information content (AvgIpc) is 1.81. The van der Waals surface area contributed by atoms with Crippen LogP contribution >= 0.6 is 0 Å². The highest BCUT2D eigenvalue weighted by atomic mass is 29.1. The van der Waals surface area contributed by atoms with Crippen LogP contribution in [-0.4, -0.2) is 34.9 Å². The molecular formula is C7H17NSi2. The summed E-state index contributed by atoms with van der Waals surface area (Å²) in [5, 5.41) is 0. The van der Waals surface area contributed by atoms with E-state index in [4.69, 9.17) is 0 Å². The lowest BCUT2D eigenvalue weighted by molar-refractivity contribution is 0.317. The predicted octanol–water partition coefficient (Wildman–Crippen LogP) is 1.39. The largest absolute Gasteiger partial charge is 0.324 e. The maximum Gasteiger partial charge on any atom is 0.121 e. The molecule has 0 aromatic carbocycles. The van der Waals surface area contributed by atoms with Crippen LogP contribution in [0.5, 0.6) is 0 Å². The molecule has 0 fully saturated rings. The van der Waals surface area contributed by atoms with Gasteiger partial charge in [-0.3, -0.25) is 0 Å². The molecule has 0 unspecified atom stereocenters. The topological polar surface area (TPSA) is 3.24 Å². The second-order valence-corrected chi connectivity index (χ2v) is 6.37. The molecule has 3 heteroatoms. The zero-order valence-electron chi connectivity index (χ0n) is 7.60. The van der Waals surface area contributed by atoms with Gasteiger partial charge in [0.1, 0.15) is 9.20 Å². The number of hydrogen-bond donors (Lipinski definition) is 0. The number of nitrogens with zero attached hydrogens (tertiary/aromatic N) is 1. The third-order valence-corrected chi connectivity index (χ3v) is 4.31. The minimum Gasteiger partial charge on any atom is -0.324 e. The highest BCUT2D eigenvalue weighted by Crippen LogP contribution is 2.01. The van der Waals surface area contributed by atoms with Gasteiger partial charge in [0.25, 0.3) is 0 Å². The third kappa shape index (κ3) is 3.53. The van der Waals surface area contributed by atoms with Crippen LogP contribution in [0.1, 0.15) is 27.7 Å². The van der Waals surface area contributed by atoms with E-state index in [1.165, 1.54) is 0 Å². The van der Waals surface area contributed by atoms with Gasteiger partial charge in [-0.05, 0) is 12.1 Å². The molecule has 0 spiro atoms. The molecule has 0 heterocycles. The molecule has 4 radical (unpaired) electrons. The molecule has 0 aliphatic carbocycles. The first-order valence-electron chi connectivity index (χ1n) is 3.80. The standard InChI is InChI=1S/C7H17NSi2/c1-6(2)8(7(3)4)10-9-5/h6-7H,1-5H3. The van der Waals surface area contributed by atoms with Crippen molar-refractivity contribution in [1.82, 2.24) is 4.57 Å².